The van der Waals surface area contributed by atoms with Crippen molar-refractivity contribution in [1.82, 2.24) is 0 Å². The molecule has 0 fully saturated rings. The van der Waals surface area contributed by atoms with E-state index in [1.807, 2.05) is 12.1 Å². The fourth-order valence-electron chi connectivity index (χ4n) is 2.27. The van der Waals surface area contributed by atoms with Crippen LogP contribution in [0.15, 0.2) is 48.5 Å². The summed E-state index contributed by atoms with van der Waals surface area (Å²) in [5.74, 6) is 2.03. The molecular formula is C17H18ClIO. The number of alkyl halides is 1. The van der Waals surface area contributed by atoms with E-state index in [0.29, 0.717) is 11.8 Å². The van der Waals surface area contributed by atoms with Gasteiger partial charge in [-0.05, 0) is 76.7 Å². The SMILES string of the molecule is COc1cccc(CC(CCl)Cc2ccc(I)cc2)c1. The lowest BCUT2D eigenvalue weighted by Crippen LogP contribution is -2.10. The van der Waals surface area contributed by atoms with Crippen molar-refractivity contribution in [2.75, 3.05) is 13.0 Å². The van der Waals surface area contributed by atoms with Crippen LogP contribution in [0, 0.1) is 9.49 Å². The maximum Gasteiger partial charge on any atom is 0.119 e. The summed E-state index contributed by atoms with van der Waals surface area (Å²) in [6.07, 6.45) is 1.99. The van der Waals surface area contributed by atoms with Gasteiger partial charge >= 0.3 is 0 Å². The second kappa shape index (κ2) is 7.89. The van der Waals surface area contributed by atoms with E-state index in [4.69, 9.17) is 16.3 Å². The van der Waals surface area contributed by atoms with Crippen LogP contribution in [0.4, 0.5) is 0 Å². The van der Waals surface area contributed by atoms with Crippen LogP contribution in [0.2, 0.25) is 0 Å². The molecule has 0 aliphatic heterocycles. The highest BCUT2D eigenvalue weighted by molar-refractivity contribution is 14.1. The smallest absolute Gasteiger partial charge is 0.119 e. The van der Waals surface area contributed by atoms with E-state index in [1.165, 1.54) is 14.7 Å². The van der Waals surface area contributed by atoms with Crippen molar-refractivity contribution >= 4 is 34.2 Å². The minimum atomic E-state index is 0.448. The first-order valence-corrected chi connectivity index (χ1v) is 8.26. The van der Waals surface area contributed by atoms with Crippen LogP contribution < -0.4 is 4.74 Å². The first kappa shape index (κ1) is 15.6. The van der Waals surface area contributed by atoms with Gasteiger partial charge in [0.1, 0.15) is 5.75 Å². The Morgan fingerprint density at radius 1 is 1.05 bits per heavy atom. The van der Waals surface area contributed by atoms with Crippen LogP contribution in [0.3, 0.4) is 0 Å². The van der Waals surface area contributed by atoms with Gasteiger partial charge < -0.3 is 4.74 Å². The fraction of sp³-hybridized carbons (Fsp3) is 0.294. The average molecular weight is 401 g/mol. The lowest BCUT2D eigenvalue weighted by atomic mass is 9.94. The van der Waals surface area contributed by atoms with Crippen molar-refractivity contribution < 1.29 is 4.74 Å². The number of methoxy groups -OCH3 is 1. The van der Waals surface area contributed by atoms with Crippen molar-refractivity contribution in [3.63, 3.8) is 0 Å². The van der Waals surface area contributed by atoms with Gasteiger partial charge in [0.25, 0.3) is 0 Å². The molecule has 2 aromatic rings. The molecule has 0 saturated carbocycles. The summed E-state index contributed by atoms with van der Waals surface area (Å²) in [4.78, 5) is 0. The van der Waals surface area contributed by atoms with Crippen LogP contribution in [-0.4, -0.2) is 13.0 Å². The second-order valence-corrected chi connectivity index (χ2v) is 6.46. The molecule has 2 rings (SSSR count). The summed E-state index contributed by atoms with van der Waals surface area (Å²) in [6.45, 7) is 0. The number of rotatable bonds is 6. The summed E-state index contributed by atoms with van der Waals surface area (Å²) < 4.78 is 6.53. The highest BCUT2D eigenvalue weighted by Gasteiger charge is 2.10. The molecule has 1 nitrogen and oxygen atoms in total. The molecule has 1 atom stereocenters. The summed E-state index contributed by atoms with van der Waals surface area (Å²) >= 11 is 8.47. The number of halogens is 2. The maximum atomic E-state index is 6.14. The van der Waals surface area contributed by atoms with Gasteiger partial charge in [-0.15, -0.1) is 11.6 Å². The Hall–Kier alpha value is -0.740. The number of hydrogen-bond donors (Lipinski definition) is 0. The standard InChI is InChI=1S/C17H18ClIO/c1-20-17-4-2-3-14(11-17)10-15(12-18)9-13-5-7-16(19)8-6-13/h2-8,11,15H,9-10,12H2,1H3. The summed E-state index contributed by atoms with van der Waals surface area (Å²) in [5, 5.41) is 0. The summed E-state index contributed by atoms with van der Waals surface area (Å²) in [7, 11) is 1.70. The molecule has 0 radical (unpaired) electrons. The topological polar surface area (TPSA) is 9.23 Å². The van der Waals surface area contributed by atoms with Gasteiger partial charge in [0.05, 0.1) is 7.11 Å². The molecule has 0 heterocycles. The average Bonchev–Trinajstić information content (AvgIpc) is 2.49. The van der Waals surface area contributed by atoms with Gasteiger partial charge in [-0.1, -0.05) is 24.3 Å². The predicted octanol–water partition coefficient (Wildman–Crippen LogP) is 4.94. The van der Waals surface area contributed by atoms with Crippen molar-refractivity contribution in [3.8, 4) is 5.75 Å². The monoisotopic (exact) mass is 400 g/mol. The number of ether oxygens (including phenoxy) is 1. The lowest BCUT2D eigenvalue weighted by Gasteiger charge is -2.14. The molecule has 0 N–H and O–H groups in total. The Kier molecular flexibility index (Phi) is 6.17. The Balaban J connectivity index is 2.02. The van der Waals surface area contributed by atoms with Crippen LogP contribution in [0.5, 0.6) is 5.75 Å². The van der Waals surface area contributed by atoms with Crippen molar-refractivity contribution in [3.05, 3.63) is 63.2 Å². The molecule has 0 aliphatic carbocycles. The predicted molar refractivity (Wildman–Crippen MR) is 93.8 cm³/mol. The van der Waals surface area contributed by atoms with E-state index in [9.17, 15) is 0 Å². The van der Waals surface area contributed by atoms with Gasteiger partial charge in [0.2, 0.25) is 0 Å². The molecular weight excluding hydrogens is 383 g/mol. The molecule has 1 unspecified atom stereocenters. The van der Waals surface area contributed by atoms with Gasteiger partial charge in [0, 0.05) is 9.45 Å². The Labute approximate surface area is 139 Å². The van der Waals surface area contributed by atoms with Crippen molar-refractivity contribution in [2.24, 2.45) is 5.92 Å². The molecule has 0 aromatic heterocycles. The first-order valence-electron chi connectivity index (χ1n) is 6.64. The van der Waals surface area contributed by atoms with Gasteiger partial charge in [-0.2, -0.15) is 0 Å². The molecule has 0 spiro atoms. The zero-order chi connectivity index (χ0) is 14.4. The van der Waals surface area contributed by atoms with E-state index in [-0.39, 0.29) is 0 Å². The Bertz CT molecular complexity index is 539. The minimum Gasteiger partial charge on any atom is -0.497 e. The number of benzene rings is 2. The van der Waals surface area contributed by atoms with Crippen LogP contribution >= 0.6 is 34.2 Å². The maximum absolute atomic E-state index is 6.14. The van der Waals surface area contributed by atoms with E-state index < -0.39 is 0 Å². The van der Waals surface area contributed by atoms with Gasteiger partial charge in [-0.25, -0.2) is 0 Å². The third-order valence-corrected chi connectivity index (χ3v) is 4.47. The van der Waals surface area contributed by atoms with E-state index >= 15 is 0 Å². The second-order valence-electron chi connectivity index (χ2n) is 4.91. The van der Waals surface area contributed by atoms with Gasteiger partial charge in [-0.3, -0.25) is 0 Å². The van der Waals surface area contributed by atoms with Crippen LogP contribution in [0.1, 0.15) is 11.1 Å². The quantitative estimate of drug-likeness (QED) is 0.493. The summed E-state index contributed by atoms with van der Waals surface area (Å²) in [6, 6.07) is 16.9. The zero-order valence-electron chi connectivity index (χ0n) is 11.5. The largest absolute Gasteiger partial charge is 0.497 e. The first-order chi connectivity index (χ1) is 9.71. The third-order valence-electron chi connectivity index (χ3n) is 3.31. The normalized spacial score (nSPS) is 12.2. The van der Waals surface area contributed by atoms with Crippen LogP contribution in [0.25, 0.3) is 0 Å². The molecule has 0 bridgehead atoms. The lowest BCUT2D eigenvalue weighted by molar-refractivity contribution is 0.414. The highest BCUT2D eigenvalue weighted by Crippen LogP contribution is 2.20. The highest BCUT2D eigenvalue weighted by atomic mass is 127. The third kappa shape index (κ3) is 4.67. The van der Waals surface area contributed by atoms with E-state index in [0.717, 1.165) is 18.6 Å². The van der Waals surface area contributed by atoms with E-state index in [2.05, 4.69) is 59.0 Å². The van der Waals surface area contributed by atoms with Crippen LogP contribution in [-0.2, 0) is 12.8 Å². The summed E-state index contributed by atoms with van der Waals surface area (Å²) in [5.41, 5.74) is 2.62. The van der Waals surface area contributed by atoms with Crippen molar-refractivity contribution in [2.45, 2.75) is 12.8 Å². The van der Waals surface area contributed by atoms with E-state index in [1.54, 1.807) is 7.11 Å². The van der Waals surface area contributed by atoms with Crippen molar-refractivity contribution in [1.29, 1.82) is 0 Å². The Morgan fingerprint density at radius 3 is 2.40 bits per heavy atom. The Morgan fingerprint density at radius 2 is 1.75 bits per heavy atom. The van der Waals surface area contributed by atoms with Gasteiger partial charge in [0.15, 0.2) is 0 Å². The molecule has 3 heteroatoms. The number of hydrogen-bond acceptors (Lipinski definition) is 1. The molecule has 2 aromatic carbocycles. The molecule has 0 aliphatic rings. The molecule has 0 saturated heterocycles. The molecule has 20 heavy (non-hydrogen) atoms. The fourth-order valence-corrected chi connectivity index (χ4v) is 2.85. The molecule has 0 amide bonds. The minimum absolute atomic E-state index is 0.448. The molecule has 106 valence electrons. The zero-order valence-corrected chi connectivity index (χ0v) is 14.4.